The van der Waals surface area contributed by atoms with Gasteiger partial charge in [0, 0.05) is 64.5 Å². The Labute approximate surface area is 349 Å². The van der Waals surface area contributed by atoms with E-state index in [2.05, 4.69) is 43.5 Å². The first kappa shape index (κ1) is 58.5. The maximum Gasteiger partial charge on any atom is 0.410 e. The molecule has 1 aromatic rings. The minimum Gasteiger partial charge on any atom is -0.479 e. The first-order chi connectivity index (χ1) is 27.9. The quantitative estimate of drug-likeness (QED) is 0.0368. The molecule has 0 bridgehead atoms. The molecule has 1 aromatic carbocycles. The van der Waals surface area contributed by atoms with E-state index in [1.54, 1.807) is 37.3 Å². The molecule has 3 atom stereocenters. The van der Waals surface area contributed by atoms with Crippen molar-refractivity contribution < 1.29 is 53.2 Å². The SMILES string of the molecule is C/C(=N\OCCCCCC=O)C(C)C.CC.CC.CCC.CCCN(CCOC)C(=O)OCc1ccc(OC2CC(O)CC(C(=O)O)O2)c(CNC(=O)CCNC)c1. The Kier molecular flexibility index (Phi) is 40.4. The number of aliphatic hydroxyl groups is 1. The van der Waals surface area contributed by atoms with Crippen LogP contribution < -0.4 is 15.4 Å². The third-order valence-electron chi connectivity index (χ3n) is 7.78. The maximum atomic E-state index is 12.5. The molecule has 4 N–H and O–H groups in total. The molecule has 338 valence electrons. The van der Waals surface area contributed by atoms with Crippen molar-refractivity contribution in [3.63, 3.8) is 0 Å². The summed E-state index contributed by atoms with van der Waals surface area (Å²) in [5, 5.41) is 29.1. The van der Waals surface area contributed by atoms with Gasteiger partial charge in [-0.25, -0.2) is 9.59 Å². The van der Waals surface area contributed by atoms with E-state index >= 15 is 0 Å². The fourth-order valence-electron chi connectivity index (χ4n) is 4.56. The predicted molar refractivity (Wildman–Crippen MR) is 230 cm³/mol. The van der Waals surface area contributed by atoms with E-state index in [0.29, 0.717) is 62.1 Å². The molecule has 15 nitrogen and oxygen atoms in total. The van der Waals surface area contributed by atoms with E-state index in [4.69, 9.17) is 23.8 Å². The minimum absolute atomic E-state index is 0.00669. The molecule has 0 saturated carbocycles. The molecule has 1 aliphatic heterocycles. The molecule has 1 heterocycles. The Bertz CT molecular complexity index is 1220. The number of oxime groups is 1. The van der Waals surface area contributed by atoms with Crippen LogP contribution >= 0.6 is 0 Å². The zero-order chi connectivity index (χ0) is 44.7. The molecule has 2 amide bonds. The fourth-order valence-corrected chi connectivity index (χ4v) is 4.56. The Balaban J connectivity index is -0.00000120. The highest BCUT2D eigenvalue weighted by atomic mass is 16.7. The number of hydrogen-bond donors (Lipinski definition) is 4. The van der Waals surface area contributed by atoms with Crippen molar-refractivity contribution in [3.05, 3.63) is 29.3 Å². The lowest BCUT2D eigenvalue weighted by molar-refractivity contribution is -0.195. The number of nitrogens with one attached hydrogen (secondary N) is 2. The van der Waals surface area contributed by atoms with Gasteiger partial charge < -0.3 is 54.3 Å². The highest BCUT2D eigenvalue weighted by molar-refractivity contribution is 5.83. The molecule has 1 aliphatic rings. The Hall–Kier alpha value is -3.79. The van der Waals surface area contributed by atoms with Crippen LogP contribution in [0.5, 0.6) is 5.75 Å². The lowest BCUT2D eigenvalue weighted by Crippen LogP contribution is -2.42. The number of aldehydes is 1. The van der Waals surface area contributed by atoms with Crippen LogP contribution in [0.1, 0.15) is 138 Å². The van der Waals surface area contributed by atoms with Gasteiger partial charge in [-0.1, -0.05) is 80.0 Å². The number of amides is 2. The first-order valence-electron chi connectivity index (χ1n) is 21.1. The Morgan fingerprint density at radius 3 is 2.28 bits per heavy atom. The average Bonchev–Trinajstić information content (AvgIpc) is 3.21. The van der Waals surface area contributed by atoms with Crippen molar-refractivity contribution in [2.24, 2.45) is 11.1 Å². The monoisotopic (exact) mass is 829 g/mol. The molecular weight excluding hydrogens is 748 g/mol. The second-order valence-electron chi connectivity index (χ2n) is 13.2. The molecule has 0 spiro atoms. The molecule has 1 saturated heterocycles. The van der Waals surface area contributed by atoms with Crippen LogP contribution in [0.15, 0.2) is 23.4 Å². The van der Waals surface area contributed by atoms with Crippen LogP contribution in [0, 0.1) is 5.92 Å². The Morgan fingerprint density at radius 2 is 1.71 bits per heavy atom. The van der Waals surface area contributed by atoms with Crippen LogP contribution in [0.2, 0.25) is 0 Å². The van der Waals surface area contributed by atoms with Crippen molar-refractivity contribution in [2.45, 2.75) is 159 Å². The van der Waals surface area contributed by atoms with Gasteiger partial charge in [0.25, 0.3) is 0 Å². The number of ether oxygens (including phenoxy) is 4. The summed E-state index contributed by atoms with van der Waals surface area (Å²) >= 11 is 0. The van der Waals surface area contributed by atoms with Crippen molar-refractivity contribution >= 4 is 30.0 Å². The topological polar surface area (TPSA) is 195 Å². The normalized spacial score (nSPS) is 15.6. The summed E-state index contributed by atoms with van der Waals surface area (Å²) < 4.78 is 21.9. The lowest BCUT2D eigenvalue weighted by atomic mass is 10.1. The number of methoxy groups -OCH3 is 1. The van der Waals surface area contributed by atoms with Crippen LogP contribution in [-0.4, -0.2) is 111 Å². The van der Waals surface area contributed by atoms with Gasteiger partial charge in [-0.3, -0.25) is 4.79 Å². The first-order valence-corrected chi connectivity index (χ1v) is 21.1. The van der Waals surface area contributed by atoms with Gasteiger partial charge >= 0.3 is 12.1 Å². The van der Waals surface area contributed by atoms with Gasteiger partial charge in [-0.05, 0) is 63.3 Å². The van der Waals surface area contributed by atoms with E-state index in [9.17, 15) is 29.4 Å². The smallest absolute Gasteiger partial charge is 0.410 e. The minimum atomic E-state index is -1.18. The van der Waals surface area contributed by atoms with Crippen molar-refractivity contribution in [2.75, 3.05) is 47.0 Å². The highest BCUT2D eigenvalue weighted by Crippen LogP contribution is 2.27. The number of aliphatic carboxylic acids is 1. The molecule has 2 rings (SSSR count). The van der Waals surface area contributed by atoms with Crippen LogP contribution in [-0.2, 0) is 46.6 Å². The molecule has 3 unspecified atom stereocenters. The summed E-state index contributed by atoms with van der Waals surface area (Å²) in [7, 11) is 3.32. The number of carboxylic acids is 1. The number of carbonyl (C=O) groups excluding carboxylic acids is 3. The molecule has 0 aliphatic carbocycles. The average molecular weight is 829 g/mol. The van der Waals surface area contributed by atoms with Crippen LogP contribution in [0.3, 0.4) is 0 Å². The fraction of sp³-hybridized carbons (Fsp3) is 0.744. The number of nitrogens with zero attached hydrogens (tertiary/aromatic N) is 2. The summed E-state index contributed by atoms with van der Waals surface area (Å²) in [6.45, 7) is 23.1. The summed E-state index contributed by atoms with van der Waals surface area (Å²) in [5.74, 6) is -0.532. The highest BCUT2D eigenvalue weighted by Gasteiger charge is 2.34. The predicted octanol–water partition coefficient (Wildman–Crippen LogP) is 7.50. The van der Waals surface area contributed by atoms with E-state index in [-0.39, 0.29) is 38.3 Å². The van der Waals surface area contributed by atoms with E-state index in [0.717, 1.165) is 37.7 Å². The number of carboxylic acid groups (broad SMARTS) is 1. The zero-order valence-electron chi connectivity index (χ0n) is 37.9. The Morgan fingerprint density at radius 1 is 1.03 bits per heavy atom. The van der Waals surface area contributed by atoms with Gasteiger partial charge in [0.2, 0.25) is 12.2 Å². The lowest BCUT2D eigenvalue weighted by Gasteiger charge is -2.31. The third kappa shape index (κ3) is 30.3. The van der Waals surface area contributed by atoms with Gasteiger partial charge in [-0.2, -0.15) is 0 Å². The number of carbonyl (C=O) groups is 4. The standard InChI is InChI=1S/C25H39N3O9.C11H21NO2.C3H8.2C2H6/c1-4-9-28(10-11-34-3)25(33)35-16-17-5-6-20(18(12-17)15-27-22(30)7-8-26-2)36-23-14-19(29)13-21(37-23)24(31)32;1-10(2)11(3)12-14-9-7-5-4-6-8-13;1-3-2;2*1-2/h5-6,12,19,21,23,26,29H,4,7-11,13-16H2,1-3H3,(H,27,30)(H,31,32);8,10H,4-7,9H2,1-3H3;3H2,1-2H3;2*1-2H3/b;12-11+;;;. The summed E-state index contributed by atoms with van der Waals surface area (Å²) in [4.78, 5) is 52.8. The summed E-state index contributed by atoms with van der Waals surface area (Å²) in [6.07, 6.45) is 3.50. The maximum absolute atomic E-state index is 12.5. The van der Waals surface area contributed by atoms with Gasteiger partial charge in [0.05, 0.1) is 18.4 Å². The molecule has 58 heavy (non-hydrogen) atoms. The van der Waals surface area contributed by atoms with E-state index in [1.165, 1.54) is 6.42 Å². The second kappa shape index (κ2) is 40.0. The third-order valence-corrected chi connectivity index (χ3v) is 7.78. The summed E-state index contributed by atoms with van der Waals surface area (Å²) in [6, 6.07) is 5.10. The zero-order valence-corrected chi connectivity index (χ0v) is 37.9. The van der Waals surface area contributed by atoms with Crippen LogP contribution in [0.4, 0.5) is 4.79 Å². The second-order valence-corrected chi connectivity index (χ2v) is 13.2. The number of benzene rings is 1. The van der Waals surface area contributed by atoms with E-state index in [1.807, 2.05) is 41.5 Å². The molecular formula is C43H80N4O11. The largest absolute Gasteiger partial charge is 0.479 e. The van der Waals surface area contributed by atoms with Crippen molar-refractivity contribution in [1.29, 1.82) is 0 Å². The molecule has 0 aromatic heterocycles. The molecule has 0 radical (unpaired) electrons. The van der Waals surface area contributed by atoms with E-state index < -0.39 is 30.6 Å². The number of hydrogen-bond acceptors (Lipinski definition) is 12. The number of rotatable bonds is 23. The molecule has 15 heteroatoms. The van der Waals surface area contributed by atoms with Crippen molar-refractivity contribution in [3.8, 4) is 5.75 Å². The number of aliphatic hydroxyl groups excluding tert-OH is 1. The van der Waals surface area contributed by atoms with Gasteiger partial charge in [-0.15, -0.1) is 0 Å². The van der Waals surface area contributed by atoms with Crippen LogP contribution in [0.25, 0.3) is 0 Å². The van der Waals surface area contributed by atoms with Gasteiger partial charge in [0.15, 0.2) is 6.10 Å². The summed E-state index contributed by atoms with van der Waals surface area (Å²) in [5.41, 5.74) is 2.29. The van der Waals surface area contributed by atoms with Crippen molar-refractivity contribution in [1.82, 2.24) is 15.5 Å². The molecule has 1 fully saturated rings. The number of unbranched alkanes of at least 4 members (excludes halogenated alkanes) is 3. The van der Waals surface area contributed by atoms with Gasteiger partial charge in [0.1, 0.15) is 25.2 Å².